The normalized spacial score (nSPS) is 10.8. The van der Waals surface area contributed by atoms with E-state index in [1.807, 2.05) is 30.3 Å². The Morgan fingerprint density at radius 2 is 1.88 bits per heavy atom. The lowest BCUT2D eigenvalue weighted by Gasteiger charge is -2.00. The molecule has 0 fully saturated rings. The fourth-order valence-electron chi connectivity index (χ4n) is 1.45. The lowest BCUT2D eigenvalue weighted by atomic mass is 10.2. The molecule has 0 amide bonds. The average Bonchev–Trinajstić information content (AvgIpc) is 2.79. The Morgan fingerprint density at radius 1 is 1.06 bits per heavy atom. The zero-order valence-corrected chi connectivity index (χ0v) is 9.66. The third-order valence-corrected chi connectivity index (χ3v) is 3.39. The monoisotopic (exact) mass is 247 g/mol. The van der Waals surface area contributed by atoms with Crippen LogP contribution in [0.2, 0.25) is 5.15 Å². The molecule has 0 aliphatic rings. The summed E-state index contributed by atoms with van der Waals surface area (Å²) >= 11 is 7.52. The molecular weight excluding hydrogens is 242 g/mol. The lowest BCUT2D eigenvalue weighted by Crippen LogP contribution is -1.90. The van der Waals surface area contributed by atoms with Crippen molar-refractivity contribution in [1.29, 1.82) is 0 Å². The second-order valence-corrected chi connectivity index (χ2v) is 4.42. The van der Waals surface area contributed by atoms with Gasteiger partial charge >= 0.3 is 0 Å². The molecule has 0 radical (unpaired) electrons. The molecule has 0 spiro atoms. The largest absolute Gasteiger partial charge is 0.225 e. The molecule has 16 heavy (non-hydrogen) atoms. The van der Waals surface area contributed by atoms with Gasteiger partial charge in [-0.1, -0.05) is 41.9 Å². The van der Waals surface area contributed by atoms with Gasteiger partial charge in [-0.15, -0.1) is 11.3 Å². The van der Waals surface area contributed by atoms with Crippen LogP contribution >= 0.6 is 22.9 Å². The van der Waals surface area contributed by atoms with Crippen molar-refractivity contribution in [1.82, 2.24) is 15.0 Å². The van der Waals surface area contributed by atoms with Gasteiger partial charge in [-0.3, -0.25) is 0 Å². The number of fused-ring (bicyclic) bond motifs is 1. The molecule has 3 nitrogen and oxygen atoms in total. The quantitative estimate of drug-likeness (QED) is 0.619. The van der Waals surface area contributed by atoms with Gasteiger partial charge in [0.05, 0.1) is 5.51 Å². The second-order valence-electron chi connectivity index (χ2n) is 3.21. The molecule has 3 aromatic rings. The van der Waals surface area contributed by atoms with E-state index >= 15 is 0 Å². The molecule has 3 rings (SSSR count). The Morgan fingerprint density at radius 3 is 2.69 bits per heavy atom. The van der Waals surface area contributed by atoms with Crippen LogP contribution in [0, 0.1) is 0 Å². The minimum atomic E-state index is 0.464. The van der Waals surface area contributed by atoms with E-state index in [-0.39, 0.29) is 0 Å². The fraction of sp³-hybridized carbons (Fsp3) is 0. The van der Waals surface area contributed by atoms with E-state index in [0.717, 1.165) is 10.3 Å². The zero-order chi connectivity index (χ0) is 11.0. The standard InChI is InChI=1S/C11H6ClN3S/c12-9-8-11(13-6-16-8)15-10(14-9)7-4-2-1-3-5-7/h1-6H. The van der Waals surface area contributed by atoms with Crippen molar-refractivity contribution < 1.29 is 0 Å². The summed E-state index contributed by atoms with van der Waals surface area (Å²) in [4.78, 5) is 12.8. The van der Waals surface area contributed by atoms with Gasteiger partial charge in [0, 0.05) is 5.56 Å². The third kappa shape index (κ3) is 1.56. The molecule has 0 saturated carbocycles. The molecule has 2 aromatic heterocycles. The first kappa shape index (κ1) is 9.69. The SMILES string of the molecule is Clc1nc(-c2ccccc2)nc2ncsc12. The maximum absolute atomic E-state index is 6.07. The van der Waals surface area contributed by atoms with Crippen LogP contribution in [0.15, 0.2) is 35.8 Å². The van der Waals surface area contributed by atoms with Crippen LogP contribution in [0.4, 0.5) is 0 Å². The summed E-state index contributed by atoms with van der Waals surface area (Å²) in [5.41, 5.74) is 3.32. The Bertz CT molecular complexity index is 636. The van der Waals surface area contributed by atoms with Crippen molar-refractivity contribution >= 4 is 33.3 Å². The molecule has 5 heteroatoms. The number of hydrogen-bond acceptors (Lipinski definition) is 4. The van der Waals surface area contributed by atoms with Gasteiger partial charge in [-0.2, -0.15) is 0 Å². The maximum atomic E-state index is 6.07. The third-order valence-electron chi connectivity index (χ3n) is 2.18. The van der Waals surface area contributed by atoms with Crippen LogP contribution in [0.5, 0.6) is 0 Å². The van der Waals surface area contributed by atoms with E-state index in [9.17, 15) is 0 Å². The van der Waals surface area contributed by atoms with Gasteiger partial charge in [-0.05, 0) is 0 Å². The summed E-state index contributed by atoms with van der Waals surface area (Å²) < 4.78 is 0.835. The number of benzene rings is 1. The molecule has 0 atom stereocenters. The first-order valence-corrected chi connectivity index (χ1v) is 5.92. The van der Waals surface area contributed by atoms with Gasteiger partial charge in [0.25, 0.3) is 0 Å². The highest BCUT2D eigenvalue weighted by atomic mass is 35.5. The molecule has 0 N–H and O–H groups in total. The Balaban J connectivity index is 2.25. The van der Waals surface area contributed by atoms with E-state index < -0.39 is 0 Å². The molecule has 0 bridgehead atoms. The van der Waals surface area contributed by atoms with Crippen LogP contribution in [0.1, 0.15) is 0 Å². The summed E-state index contributed by atoms with van der Waals surface area (Å²) in [6.07, 6.45) is 0. The van der Waals surface area contributed by atoms with Gasteiger partial charge in [0.15, 0.2) is 16.6 Å². The second kappa shape index (κ2) is 3.81. The van der Waals surface area contributed by atoms with Crippen LogP contribution in [0.25, 0.3) is 21.7 Å². The molecule has 0 aliphatic heterocycles. The smallest absolute Gasteiger partial charge is 0.175 e. The van der Waals surface area contributed by atoms with Crippen molar-refractivity contribution in [3.8, 4) is 11.4 Å². The first-order valence-electron chi connectivity index (χ1n) is 4.67. The number of thiazole rings is 1. The van der Waals surface area contributed by atoms with Crippen LogP contribution in [0.3, 0.4) is 0 Å². The number of halogens is 1. The van der Waals surface area contributed by atoms with Crippen molar-refractivity contribution in [3.63, 3.8) is 0 Å². The number of hydrogen-bond donors (Lipinski definition) is 0. The van der Waals surface area contributed by atoms with Crippen LogP contribution in [-0.2, 0) is 0 Å². The molecule has 78 valence electrons. The van der Waals surface area contributed by atoms with E-state index in [1.54, 1.807) is 5.51 Å². The Kier molecular flexibility index (Phi) is 2.31. The zero-order valence-electron chi connectivity index (χ0n) is 8.09. The first-order chi connectivity index (χ1) is 7.84. The molecule has 0 aliphatic carbocycles. The summed E-state index contributed by atoms with van der Waals surface area (Å²) in [6, 6.07) is 9.73. The van der Waals surface area contributed by atoms with E-state index in [2.05, 4.69) is 15.0 Å². The Labute approximate surface area is 101 Å². The van der Waals surface area contributed by atoms with Gasteiger partial charge in [0.2, 0.25) is 0 Å². The molecule has 1 aromatic carbocycles. The number of aromatic nitrogens is 3. The van der Waals surface area contributed by atoms with Crippen molar-refractivity contribution in [2.45, 2.75) is 0 Å². The van der Waals surface area contributed by atoms with Crippen LogP contribution < -0.4 is 0 Å². The summed E-state index contributed by atoms with van der Waals surface area (Å²) in [5, 5.41) is 0.464. The average molecular weight is 248 g/mol. The van der Waals surface area contributed by atoms with Crippen molar-refractivity contribution in [3.05, 3.63) is 41.0 Å². The predicted molar refractivity (Wildman–Crippen MR) is 65.7 cm³/mol. The summed E-state index contributed by atoms with van der Waals surface area (Å²) in [7, 11) is 0. The summed E-state index contributed by atoms with van der Waals surface area (Å²) in [6.45, 7) is 0. The van der Waals surface area contributed by atoms with E-state index in [1.165, 1.54) is 11.3 Å². The topological polar surface area (TPSA) is 38.7 Å². The highest BCUT2D eigenvalue weighted by molar-refractivity contribution is 7.17. The van der Waals surface area contributed by atoms with Gasteiger partial charge < -0.3 is 0 Å². The maximum Gasteiger partial charge on any atom is 0.175 e. The molecule has 0 saturated heterocycles. The number of nitrogens with zero attached hydrogens (tertiary/aromatic N) is 3. The highest BCUT2D eigenvalue weighted by Gasteiger charge is 2.09. The summed E-state index contributed by atoms with van der Waals surface area (Å²) in [5.74, 6) is 0.615. The van der Waals surface area contributed by atoms with E-state index in [0.29, 0.717) is 16.6 Å². The van der Waals surface area contributed by atoms with Crippen LogP contribution in [-0.4, -0.2) is 15.0 Å². The van der Waals surface area contributed by atoms with Gasteiger partial charge in [0.1, 0.15) is 4.70 Å². The fourth-order valence-corrected chi connectivity index (χ4v) is 2.35. The minimum absolute atomic E-state index is 0.464. The van der Waals surface area contributed by atoms with E-state index in [4.69, 9.17) is 11.6 Å². The van der Waals surface area contributed by atoms with Gasteiger partial charge in [-0.25, -0.2) is 15.0 Å². The number of rotatable bonds is 1. The molecular formula is C11H6ClN3S. The van der Waals surface area contributed by atoms with Crippen molar-refractivity contribution in [2.75, 3.05) is 0 Å². The highest BCUT2D eigenvalue weighted by Crippen LogP contribution is 2.26. The predicted octanol–water partition coefficient (Wildman–Crippen LogP) is 3.41. The van der Waals surface area contributed by atoms with Crippen molar-refractivity contribution in [2.24, 2.45) is 0 Å². The minimum Gasteiger partial charge on any atom is -0.225 e. The molecule has 2 heterocycles. The Hall–Kier alpha value is -1.52. The lowest BCUT2D eigenvalue weighted by molar-refractivity contribution is 1.21. The molecule has 0 unspecified atom stereocenters.